The zero-order valence-electron chi connectivity index (χ0n) is 29.6. The summed E-state index contributed by atoms with van der Waals surface area (Å²) in [6.45, 7) is 3.97. The number of methoxy groups -OCH3 is 1. The monoisotopic (exact) mass is 756 g/mol. The van der Waals surface area contributed by atoms with E-state index in [2.05, 4.69) is 15.1 Å². The van der Waals surface area contributed by atoms with Gasteiger partial charge in [0.25, 0.3) is 5.56 Å². The van der Waals surface area contributed by atoms with Crippen LogP contribution in [0.5, 0.6) is 5.75 Å². The molecule has 1 aromatic heterocycles. The Kier molecular flexibility index (Phi) is 13.8. The van der Waals surface area contributed by atoms with Gasteiger partial charge in [-0.3, -0.25) is 18.7 Å². The number of carbonyl (C=O) groups is 3. The molecule has 2 fully saturated rings. The lowest BCUT2D eigenvalue weighted by Crippen LogP contribution is -2.49. The number of aromatic nitrogens is 2. The molecule has 0 radical (unpaired) electrons. The quantitative estimate of drug-likeness (QED) is 0.136. The minimum absolute atomic E-state index is 0.101. The fourth-order valence-corrected chi connectivity index (χ4v) is 7.43. The van der Waals surface area contributed by atoms with Gasteiger partial charge in [-0.05, 0) is 58.6 Å². The Morgan fingerprint density at radius 1 is 1.08 bits per heavy atom. The van der Waals surface area contributed by atoms with E-state index < -0.39 is 92.7 Å². The van der Waals surface area contributed by atoms with E-state index in [0.717, 1.165) is 45.6 Å². The predicted molar refractivity (Wildman–Crippen MR) is 181 cm³/mol. The molecule has 7 atom stereocenters. The molecular formula is C33H46FN4O13P. The number of aliphatic hydroxyl groups excluding tert-OH is 1. The molecule has 1 saturated carbocycles. The number of esters is 2. The van der Waals surface area contributed by atoms with Crippen LogP contribution in [0.4, 0.5) is 9.18 Å². The number of amides is 1. The van der Waals surface area contributed by atoms with Crippen LogP contribution < -0.4 is 26.2 Å². The van der Waals surface area contributed by atoms with Crippen LogP contribution in [-0.4, -0.2) is 82.1 Å². The van der Waals surface area contributed by atoms with Gasteiger partial charge in [-0.1, -0.05) is 37.5 Å². The average Bonchev–Trinajstić information content (AvgIpc) is 3.33. The molecule has 1 aromatic carbocycles. The van der Waals surface area contributed by atoms with Crippen molar-refractivity contribution in [3.63, 3.8) is 0 Å². The third-order valence-electron chi connectivity index (χ3n) is 8.67. The number of hydrogen-bond acceptors (Lipinski definition) is 13. The Bertz CT molecular complexity index is 1710. The van der Waals surface area contributed by atoms with Crippen molar-refractivity contribution in [3.8, 4) is 5.75 Å². The molecule has 1 unspecified atom stereocenters. The number of alkyl carbamates (subject to hydrolysis) is 1. The second-order valence-electron chi connectivity index (χ2n) is 13.0. The summed E-state index contributed by atoms with van der Waals surface area (Å²) in [7, 11) is -3.30. The molecule has 1 amide bonds. The fraction of sp³-hybridized carbons (Fsp3) is 0.606. The van der Waals surface area contributed by atoms with Crippen molar-refractivity contribution >= 4 is 25.8 Å². The summed E-state index contributed by atoms with van der Waals surface area (Å²) in [6.07, 6.45) is -1.81. The Morgan fingerprint density at radius 3 is 2.38 bits per heavy atom. The van der Waals surface area contributed by atoms with E-state index in [1.54, 1.807) is 32.0 Å². The zero-order valence-corrected chi connectivity index (χ0v) is 30.5. The molecule has 17 nitrogen and oxygen atoms in total. The molecule has 2 aromatic rings. The van der Waals surface area contributed by atoms with E-state index in [1.165, 1.54) is 19.1 Å². The summed E-state index contributed by atoms with van der Waals surface area (Å²) >= 11 is 0. The normalized spacial score (nSPS) is 24.3. The molecule has 3 N–H and O–H groups in total. The molecule has 19 heteroatoms. The third kappa shape index (κ3) is 10.1. The Labute approximate surface area is 299 Å². The molecule has 0 bridgehead atoms. The smallest absolute Gasteiger partial charge is 0.459 e. The van der Waals surface area contributed by atoms with Crippen molar-refractivity contribution in [1.29, 1.82) is 0 Å². The first-order valence-electron chi connectivity index (χ1n) is 16.9. The number of rotatable bonds is 15. The maximum Gasteiger partial charge on any atom is 0.459 e. The summed E-state index contributed by atoms with van der Waals surface area (Å²) in [5.74, 6) is -1.82. The number of benzene rings is 1. The number of para-hydroxylation sites is 1. The van der Waals surface area contributed by atoms with Crippen molar-refractivity contribution in [2.75, 3.05) is 13.7 Å². The van der Waals surface area contributed by atoms with Crippen LogP contribution in [-0.2, 0) is 44.4 Å². The molecule has 2 heterocycles. The van der Waals surface area contributed by atoms with Gasteiger partial charge in [0.05, 0.1) is 19.8 Å². The van der Waals surface area contributed by atoms with E-state index in [-0.39, 0.29) is 11.7 Å². The number of alkyl halides is 1. The molecule has 1 aliphatic heterocycles. The van der Waals surface area contributed by atoms with Crippen LogP contribution in [0, 0.1) is 5.92 Å². The molecule has 2 aliphatic rings. The van der Waals surface area contributed by atoms with Gasteiger partial charge >= 0.3 is 31.5 Å². The number of carbonyl (C=O) groups excluding carboxylic acids is 3. The number of hydrogen-bond donors (Lipinski definition) is 3. The third-order valence-corrected chi connectivity index (χ3v) is 10.3. The highest BCUT2D eigenvalue weighted by Crippen LogP contribution is 2.47. The summed E-state index contributed by atoms with van der Waals surface area (Å²) < 4.78 is 63.3. The van der Waals surface area contributed by atoms with Crippen molar-refractivity contribution in [3.05, 3.63) is 63.4 Å². The summed E-state index contributed by atoms with van der Waals surface area (Å²) in [5.41, 5.74) is -4.71. The number of halogens is 1. The number of nitrogens with one attached hydrogen (secondary N) is 2. The minimum Gasteiger partial charge on any atom is -0.462 e. The molecule has 288 valence electrons. The first-order chi connectivity index (χ1) is 24.6. The standard InChI is InChI=1S/C33H46FN4O13P/c1-20(2)49-28(41)21(3)36-52(45,51-23-14-10-7-11-15-23)48-18-24-27(40)33(4,34)30(50-24)37-17-16-25(39)38(32(37)44)19-47-29(42)26(35-31(43)46-5)22-12-8-6-9-13-22/h7,10-11,14-17,20-22,24,26-27,30,40H,6,8-9,12-13,18-19H2,1-5H3,(H,35,43)(H,36,45)/t21-,24+,26-,27+,30+,33+,52?/m0/s1. The second kappa shape index (κ2) is 17.6. The van der Waals surface area contributed by atoms with Crippen molar-refractivity contribution in [2.45, 2.75) is 109 Å². The van der Waals surface area contributed by atoms with Gasteiger partial charge in [-0.25, -0.2) is 27.9 Å². The lowest BCUT2D eigenvalue weighted by Gasteiger charge is -2.29. The average molecular weight is 757 g/mol. The largest absolute Gasteiger partial charge is 0.462 e. The van der Waals surface area contributed by atoms with Gasteiger partial charge in [0.1, 0.15) is 30.0 Å². The summed E-state index contributed by atoms with van der Waals surface area (Å²) in [5, 5.41) is 15.9. The number of ether oxygens (including phenoxy) is 4. The minimum atomic E-state index is -4.44. The topological polar surface area (TPSA) is 212 Å². The van der Waals surface area contributed by atoms with E-state index in [4.69, 9.17) is 23.3 Å². The van der Waals surface area contributed by atoms with Gasteiger partial charge in [-0.2, -0.15) is 5.09 Å². The Balaban J connectivity index is 1.52. The molecular weight excluding hydrogens is 710 g/mol. The van der Waals surface area contributed by atoms with Crippen molar-refractivity contribution in [1.82, 2.24) is 19.5 Å². The van der Waals surface area contributed by atoms with Gasteiger partial charge in [0, 0.05) is 12.3 Å². The van der Waals surface area contributed by atoms with Crippen LogP contribution in [0.3, 0.4) is 0 Å². The van der Waals surface area contributed by atoms with Crippen LogP contribution in [0.25, 0.3) is 0 Å². The first kappa shape index (κ1) is 40.7. The van der Waals surface area contributed by atoms with Gasteiger partial charge < -0.3 is 33.9 Å². The van der Waals surface area contributed by atoms with Gasteiger partial charge in [0.2, 0.25) is 0 Å². The van der Waals surface area contributed by atoms with Crippen LogP contribution in [0.1, 0.15) is 66.0 Å². The van der Waals surface area contributed by atoms with E-state index in [1.807, 2.05) is 0 Å². The molecule has 4 rings (SSSR count). The molecule has 1 aliphatic carbocycles. The second-order valence-corrected chi connectivity index (χ2v) is 14.7. The van der Waals surface area contributed by atoms with Crippen LogP contribution in [0.15, 0.2) is 52.2 Å². The lowest BCUT2D eigenvalue weighted by molar-refractivity contribution is -0.152. The van der Waals surface area contributed by atoms with Crippen LogP contribution in [0.2, 0.25) is 0 Å². The zero-order chi connectivity index (χ0) is 38.2. The number of aliphatic hydroxyl groups is 1. The highest BCUT2D eigenvalue weighted by molar-refractivity contribution is 7.52. The van der Waals surface area contributed by atoms with Crippen molar-refractivity contribution < 1.29 is 56.4 Å². The predicted octanol–water partition coefficient (Wildman–Crippen LogP) is 2.94. The van der Waals surface area contributed by atoms with E-state index in [0.29, 0.717) is 22.0 Å². The molecule has 1 saturated heterocycles. The van der Waals surface area contributed by atoms with Gasteiger partial charge in [0.15, 0.2) is 18.6 Å². The van der Waals surface area contributed by atoms with Crippen LogP contribution >= 0.6 is 7.75 Å². The van der Waals surface area contributed by atoms with Gasteiger partial charge in [-0.15, -0.1) is 0 Å². The Morgan fingerprint density at radius 2 is 1.75 bits per heavy atom. The Hall–Kier alpha value is -4.09. The fourth-order valence-electron chi connectivity index (χ4n) is 5.93. The molecule has 52 heavy (non-hydrogen) atoms. The van der Waals surface area contributed by atoms with E-state index in [9.17, 15) is 33.6 Å². The van der Waals surface area contributed by atoms with Crippen molar-refractivity contribution in [2.24, 2.45) is 5.92 Å². The van der Waals surface area contributed by atoms with E-state index >= 15 is 4.39 Å². The SMILES string of the molecule is COC(=O)N[C@H](C(=O)OCn1c(=O)ccn([C@@H]2O[C@H](COP(=O)(N[C@@H](C)C(=O)OC(C)C)Oc3ccccc3)[C@@H](O)[C@@]2(C)F)c1=O)C1CCCCC1. The highest BCUT2D eigenvalue weighted by Gasteiger charge is 2.56. The summed E-state index contributed by atoms with van der Waals surface area (Å²) in [6, 6.07) is 6.48. The maximum atomic E-state index is 16.2. The lowest BCUT2D eigenvalue weighted by atomic mass is 9.84. The number of nitrogens with zero attached hydrogens (tertiary/aromatic N) is 2. The molecule has 0 spiro atoms. The summed E-state index contributed by atoms with van der Waals surface area (Å²) in [4.78, 5) is 63.9. The highest BCUT2D eigenvalue weighted by atomic mass is 31.2. The maximum absolute atomic E-state index is 16.2. The first-order valence-corrected chi connectivity index (χ1v) is 18.4.